The summed E-state index contributed by atoms with van der Waals surface area (Å²) >= 11 is 0. The minimum atomic E-state index is -3.23. The lowest BCUT2D eigenvalue weighted by atomic mass is 10.1. The van der Waals surface area contributed by atoms with E-state index in [0.717, 1.165) is 24.5 Å². The van der Waals surface area contributed by atoms with Gasteiger partial charge in [0.15, 0.2) is 0 Å². The summed E-state index contributed by atoms with van der Waals surface area (Å²) in [5, 5.41) is 3.19. The Morgan fingerprint density at radius 1 is 1.20 bits per heavy atom. The van der Waals surface area contributed by atoms with E-state index in [-0.39, 0.29) is 0 Å². The maximum atomic E-state index is 11.7. The lowest BCUT2D eigenvalue weighted by Gasteiger charge is -2.31. The highest BCUT2D eigenvalue weighted by Crippen LogP contribution is 2.32. The van der Waals surface area contributed by atoms with Gasteiger partial charge in [-0.25, -0.2) is 8.42 Å². The maximum Gasteiger partial charge on any atom is 0.231 e. The van der Waals surface area contributed by atoms with E-state index in [1.807, 2.05) is 25.2 Å². The van der Waals surface area contributed by atoms with Crippen molar-refractivity contribution in [3.05, 3.63) is 18.2 Å². The highest BCUT2D eigenvalue weighted by molar-refractivity contribution is 7.92. The Bertz CT molecular complexity index is 566. The number of hydrogen-bond donors (Lipinski definition) is 1. The Labute approximate surface area is 121 Å². The number of piperidine rings is 1. The first kappa shape index (κ1) is 15.0. The minimum absolute atomic E-state index is 0.701. The van der Waals surface area contributed by atoms with E-state index in [0.29, 0.717) is 5.69 Å². The van der Waals surface area contributed by atoms with Crippen LogP contribution in [0.1, 0.15) is 19.3 Å². The van der Waals surface area contributed by atoms with Crippen LogP contribution in [0.3, 0.4) is 0 Å². The zero-order valence-corrected chi connectivity index (χ0v) is 13.2. The maximum absolute atomic E-state index is 11.7. The average molecular weight is 297 g/mol. The van der Waals surface area contributed by atoms with Gasteiger partial charge in [-0.15, -0.1) is 0 Å². The summed E-state index contributed by atoms with van der Waals surface area (Å²) < 4.78 is 24.7. The summed E-state index contributed by atoms with van der Waals surface area (Å²) in [6, 6.07) is 5.74. The monoisotopic (exact) mass is 297 g/mol. The van der Waals surface area contributed by atoms with E-state index < -0.39 is 10.0 Å². The Hall–Kier alpha value is -1.43. The molecule has 1 aliphatic heterocycles. The fraction of sp³-hybridized carbons (Fsp3) is 0.571. The lowest BCUT2D eigenvalue weighted by molar-refractivity contribution is 0.578. The molecule has 0 atom stereocenters. The van der Waals surface area contributed by atoms with Crippen molar-refractivity contribution in [1.82, 2.24) is 0 Å². The molecule has 0 radical (unpaired) electrons. The van der Waals surface area contributed by atoms with Crippen molar-refractivity contribution < 1.29 is 8.42 Å². The molecule has 20 heavy (non-hydrogen) atoms. The van der Waals surface area contributed by atoms with Crippen LogP contribution in [-0.4, -0.2) is 41.9 Å². The van der Waals surface area contributed by atoms with Crippen LogP contribution >= 0.6 is 0 Å². The summed E-state index contributed by atoms with van der Waals surface area (Å²) in [6.07, 6.45) is 4.87. The van der Waals surface area contributed by atoms with E-state index in [4.69, 9.17) is 0 Å². The van der Waals surface area contributed by atoms with E-state index in [1.54, 1.807) is 7.05 Å². The fourth-order valence-electron chi connectivity index (χ4n) is 2.52. The molecule has 0 amide bonds. The van der Waals surface area contributed by atoms with Crippen molar-refractivity contribution in [2.45, 2.75) is 19.3 Å². The highest BCUT2D eigenvalue weighted by Gasteiger charge is 2.18. The Balaban J connectivity index is 2.38. The molecule has 5 nitrogen and oxygen atoms in total. The molecule has 0 saturated carbocycles. The number of rotatable bonds is 4. The number of nitrogens with zero attached hydrogens (tertiary/aromatic N) is 2. The molecule has 1 aliphatic rings. The molecule has 1 aromatic rings. The quantitative estimate of drug-likeness (QED) is 0.925. The molecule has 0 aliphatic carbocycles. The van der Waals surface area contributed by atoms with Gasteiger partial charge in [0.25, 0.3) is 0 Å². The van der Waals surface area contributed by atoms with E-state index in [9.17, 15) is 8.42 Å². The molecule has 1 N–H and O–H groups in total. The van der Waals surface area contributed by atoms with Gasteiger partial charge in [0.2, 0.25) is 10.0 Å². The summed E-state index contributed by atoms with van der Waals surface area (Å²) in [5.41, 5.74) is 2.82. The van der Waals surface area contributed by atoms with Crippen LogP contribution in [0, 0.1) is 0 Å². The highest BCUT2D eigenvalue weighted by atomic mass is 32.2. The van der Waals surface area contributed by atoms with Crippen LogP contribution in [0.25, 0.3) is 0 Å². The SMILES string of the molecule is CNc1ccc(N(C)S(C)(=O)=O)cc1N1CCCCC1. The third-order valence-corrected chi connectivity index (χ3v) is 5.01. The predicted octanol–water partition coefficient (Wildman–Crippen LogP) is 2.11. The van der Waals surface area contributed by atoms with Gasteiger partial charge in [-0.05, 0) is 37.5 Å². The Kier molecular flexibility index (Phi) is 4.42. The van der Waals surface area contributed by atoms with Gasteiger partial charge in [-0.1, -0.05) is 0 Å². The van der Waals surface area contributed by atoms with Crippen molar-refractivity contribution in [2.24, 2.45) is 0 Å². The second kappa shape index (κ2) is 5.91. The second-order valence-corrected chi connectivity index (χ2v) is 7.24. The van der Waals surface area contributed by atoms with Crippen LogP contribution < -0.4 is 14.5 Å². The largest absolute Gasteiger partial charge is 0.386 e. The van der Waals surface area contributed by atoms with Crippen molar-refractivity contribution in [3.63, 3.8) is 0 Å². The lowest BCUT2D eigenvalue weighted by Crippen LogP contribution is -2.30. The third kappa shape index (κ3) is 3.17. The number of anilines is 3. The standard InChI is InChI=1S/C14H23N3O2S/c1-15-13-8-7-12(16(2)20(3,18)19)11-14(13)17-9-5-4-6-10-17/h7-8,11,15H,4-6,9-10H2,1-3H3. The van der Waals surface area contributed by atoms with E-state index in [2.05, 4.69) is 10.2 Å². The predicted molar refractivity (Wildman–Crippen MR) is 85.3 cm³/mol. The van der Waals surface area contributed by atoms with Crippen molar-refractivity contribution in [2.75, 3.05) is 48.0 Å². The van der Waals surface area contributed by atoms with Gasteiger partial charge in [-0.3, -0.25) is 4.31 Å². The second-order valence-electron chi connectivity index (χ2n) is 5.23. The van der Waals surface area contributed by atoms with Crippen LogP contribution in [0.2, 0.25) is 0 Å². The number of hydrogen-bond acceptors (Lipinski definition) is 4. The fourth-order valence-corrected chi connectivity index (χ4v) is 3.01. The summed E-state index contributed by atoms with van der Waals surface area (Å²) in [7, 11) is 0.250. The number of nitrogens with one attached hydrogen (secondary N) is 1. The first-order chi connectivity index (χ1) is 9.43. The van der Waals surface area contributed by atoms with Crippen LogP contribution in [0.15, 0.2) is 18.2 Å². The first-order valence-corrected chi connectivity index (χ1v) is 8.79. The molecule has 1 aromatic carbocycles. The zero-order valence-electron chi connectivity index (χ0n) is 12.4. The zero-order chi connectivity index (χ0) is 14.8. The number of sulfonamides is 1. The molecule has 0 aromatic heterocycles. The molecule has 0 spiro atoms. The summed E-state index contributed by atoms with van der Waals surface area (Å²) in [5.74, 6) is 0. The molecule has 1 saturated heterocycles. The van der Waals surface area contributed by atoms with Gasteiger partial charge < -0.3 is 10.2 Å². The molecule has 112 valence electrons. The minimum Gasteiger partial charge on any atom is -0.386 e. The smallest absolute Gasteiger partial charge is 0.231 e. The Morgan fingerprint density at radius 2 is 1.85 bits per heavy atom. The topological polar surface area (TPSA) is 52.7 Å². The van der Waals surface area contributed by atoms with E-state index in [1.165, 1.54) is 29.8 Å². The van der Waals surface area contributed by atoms with Crippen LogP contribution in [0.4, 0.5) is 17.1 Å². The van der Waals surface area contributed by atoms with Crippen molar-refractivity contribution in [1.29, 1.82) is 0 Å². The third-order valence-electron chi connectivity index (χ3n) is 3.81. The molecular formula is C14H23N3O2S. The molecule has 6 heteroatoms. The molecule has 0 unspecified atom stereocenters. The normalized spacial score (nSPS) is 16.1. The van der Waals surface area contributed by atoms with Gasteiger partial charge in [0, 0.05) is 27.2 Å². The van der Waals surface area contributed by atoms with Crippen LogP contribution in [0.5, 0.6) is 0 Å². The molecule has 0 bridgehead atoms. The van der Waals surface area contributed by atoms with Crippen LogP contribution in [-0.2, 0) is 10.0 Å². The van der Waals surface area contributed by atoms with Gasteiger partial charge in [-0.2, -0.15) is 0 Å². The average Bonchev–Trinajstić information content (AvgIpc) is 2.45. The summed E-state index contributed by atoms with van der Waals surface area (Å²) in [6.45, 7) is 2.06. The van der Waals surface area contributed by atoms with Gasteiger partial charge in [0.1, 0.15) is 0 Å². The molecular weight excluding hydrogens is 274 g/mol. The van der Waals surface area contributed by atoms with Gasteiger partial charge in [0.05, 0.1) is 23.3 Å². The van der Waals surface area contributed by atoms with Gasteiger partial charge >= 0.3 is 0 Å². The molecule has 2 rings (SSSR count). The Morgan fingerprint density at radius 3 is 2.40 bits per heavy atom. The van der Waals surface area contributed by atoms with Crippen molar-refractivity contribution >= 4 is 27.1 Å². The summed E-state index contributed by atoms with van der Waals surface area (Å²) in [4.78, 5) is 2.33. The van der Waals surface area contributed by atoms with E-state index >= 15 is 0 Å². The number of benzene rings is 1. The van der Waals surface area contributed by atoms with Crippen molar-refractivity contribution in [3.8, 4) is 0 Å². The molecule has 1 heterocycles. The molecule has 1 fully saturated rings. The first-order valence-electron chi connectivity index (χ1n) is 6.94.